The first kappa shape index (κ1) is 26.7. The Morgan fingerprint density at radius 2 is 1.81 bits per heavy atom. The van der Waals surface area contributed by atoms with Gasteiger partial charge in [-0.25, -0.2) is 12.8 Å². The summed E-state index contributed by atoms with van der Waals surface area (Å²) in [5, 5.41) is 13.0. The van der Waals surface area contributed by atoms with Crippen molar-refractivity contribution in [3.63, 3.8) is 0 Å². The summed E-state index contributed by atoms with van der Waals surface area (Å²) in [6, 6.07) is 7.82. The van der Waals surface area contributed by atoms with Gasteiger partial charge in [0.2, 0.25) is 21.7 Å². The number of nitrogens with zero attached hydrogens (tertiary/aromatic N) is 2. The molecule has 0 saturated heterocycles. The molecule has 13 heteroatoms. The summed E-state index contributed by atoms with van der Waals surface area (Å²) in [6.45, 7) is 3.88. The molecule has 1 unspecified atom stereocenters. The zero-order valence-corrected chi connectivity index (χ0v) is 20.5. The Labute approximate surface area is 209 Å². The van der Waals surface area contributed by atoms with Crippen LogP contribution in [0.5, 0.6) is 0 Å². The van der Waals surface area contributed by atoms with E-state index in [2.05, 4.69) is 14.9 Å². The highest BCUT2D eigenvalue weighted by atomic mass is 32.2. The largest absolute Gasteiger partial charge is 0.480 e. The zero-order chi connectivity index (χ0) is 27.2. The van der Waals surface area contributed by atoms with E-state index in [0.29, 0.717) is 0 Å². The minimum absolute atomic E-state index is 0.120. The predicted octanol–water partition coefficient (Wildman–Crippen LogP) is 4.57. The number of sulfonamides is 1. The molecule has 0 spiro atoms. The quantitative estimate of drug-likeness (QED) is 0.381. The van der Waals surface area contributed by atoms with Gasteiger partial charge in [-0.15, -0.1) is 0 Å². The van der Waals surface area contributed by atoms with Gasteiger partial charge in [0.1, 0.15) is 17.3 Å². The highest BCUT2D eigenvalue weighted by molar-refractivity contribution is 7.89. The maximum absolute atomic E-state index is 14.8. The van der Waals surface area contributed by atoms with Gasteiger partial charge in [0, 0.05) is 0 Å². The Morgan fingerprint density at radius 3 is 2.32 bits per heavy atom. The van der Waals surface area contributed by atoms with E-state index in [9.17, 15) is 35.9 Å². The van der Waals surface area contributed by atoms with Gasteiger partial charge in [-0.05, 0) is 60.6 Å². The number of hydrogen-bond acceptors (Lipinski definition) is 6. The van der Waals surface area contributed by atoms with Crippen molar-refractivity contribution in [3.8, 4) is 11.4 Å². The van der Waals surface area contributed by atoms with Crippen molar-refractivity contribution in [2.24, 2.45) is 0 Å². The van der Waals surface area contributed by atoms with Crippen LogP contribution in [0.3, 0.4) is 0 Å². The number of hydrogen-bond donors (Lipinski definition) is 2. The van der Waals surface area contributed by atoms with Crippen LogP contribution in [0, 0.1) is 5.82 Å². The number of carboxylic acids is 1. The van der Waals surface area contributed by atoms with Crippen molar-refractivity contribution in [2.75, 3.05) is 0 Å². The molecule has 0 radical (unpaired) electrons. The van der Waals surface area contributed by atoms with Gasteiger partial charge in [0.25, 0.3) is 0 Å². The van der Waals surface area contributed by atoms with E-state index < -0.39 is 51.8 Å². The molecule has 4 rings (SSSR count). The molecule has 1 saturated carbocycles. The fourth-order valence-corrected chi connectivity index (χ4v) is 5.03. The second-order valence-electron chi connectivity index (χ2n) is 9.26. The molecule has 1 heterocycles. The molecule has 1 atom stereocenters. The standard InChI is InChI=1S/C24H23F4N3O5S/c1-13(2)15-4-6-16(7-5-15)37(34,35)31-19(21(32)33)12-14-3-8-17(18(25)11-14)20-29-22(36-30-20)23(9-10-23)24(26,27)28/h3-8,11,13,19,31H,9-10,12H2,1-2H3,(H,32,33). The Bertz CT molecular complexity index is 1410. The number of carboxylic acid groups (broad SMARTS) is 1. The molecule has 8 nitrogen and oxygen atoms in total. The summed E-state index contributed by atoms with van der Waals surface area (Å²) in [5.41, 5.74) is -1.42. The molecule has 198 valence electrons. The molecular formula is C24H23F4N3O5S. The van der Waals surface area contributed by atoms with E-state index in [4.69, 9.17) is 4.52 Å². The Balaban J connectivity index is 1.51. The zero-order valence-electron chi connectivity index (χ0n) is 19.7. The van der Waals surface area contributed by atoms with Crippen LogP contribution in [0.4, 0.5) is 17.6 Å². The minimum atomic E-state index is -4.57. The monoisotopic (exact) mass is 541 g/mol. The Hall–Kier alpha value is -3.32. The predicted molar refractivity (Wildman–Crippen MR) is 123 cm³/mol. The smallest absolute Gasteiger partial charge is 0.403 e. The first-order valence-electron chi connectivity index (χ1n) is 11.3. The van der Waals surface area contributed by atoms with E-state index in [1.807, 2.05) is 13.8 Å². The topological polar surface area (TPSA) is 122 Å². The fourth-order valence-electron chi connectivity index (χ4n) is 3.84. The van der Waals surface area contributed by atoms with Crippen LogP contribution in [0.25, 0.3) is 11.4 Å². The summed E-state index contributed by atoms with van der Waals surface area (Å²) < 4.78 is 87.0. The van der Waals surface area contributed by atoms with E-state index >= 15 is 0 Å². The number of aliphatic carboxylic acids is 1. The highest BCUT2D eigenvalue weighted by Crippen LogP contribution is 2.58. The molecule has 37 heavy (non-hydrogen) atoms. The normalized spacial score (nSPS) is 16.1. The van der Waals surface area contributed by atoms with Crippen molar-refractivity contribution >= 4 is 16.0 Å². The molecule has 1 aliphatic rings. The van der Waals surface area contributed by atoms with Crippen molar-refractivity contribution in [3.05, 3.63) is 65.3 Å². The fraction of sp³-hybridized carbons (Fsp3) is 0.375. The summed E-state index contributed by atoms with van der Waals surface area (Å²) in [6.07, 6.45) is -5.37. The van der Waals surface area contributed by atoms with Crippen molar-refractivity contribution in [1.82, 2.24) is 14.9 Å². The number of aromatic nitrogens is 2. The molecule has 1 aliphatic carbocycles. The molecule has 2 N–H and O–H groups in total. The van der Waals surface area contributed by atoms with Crippen LogP contribution in [0.1, 0.15) is 49.6 Å². The number of carbonyl (C=O) groups is 1. The lowest BCUT2D eigenvalue weighted by Crippen LogP contribution is -2.42. The maximum Gasteiger partial charge on any atom is 0.403 e. The van der Waals surface area contributed by atoms with Crippen molar-refractivity contribution < 1.29 is 40.4 Å². The molecule has 1 aromatic heterocycles. The highest BCUT2D eigenvalue weighted by Gasteiger charge is 2.68. The van der Waals surface area contributed by atoms with Gasteiger partial charge in [-0.1, -0.05) is 37.2 Å². The lowest BCUT2D eigenvalue weighted by molar-refractivity contribution is -0.166. The SMILES string of the molecule is CC(C)c1ccc(S(=O)(=O)NC(Cc2ccc(-c3noc(C4(C(F)(F)F)CC4)n3)c(F)c2)C(=O)O)cc1. The maximum atomic E-state index is 14.8. The van der Waals surface area contributed by atoms with Gasteiger partial charge in [0.05, 0.1) is 10.5 Å². The van der Waals surface area contributed by atoms with Crippen LogP contribution in [0.15, 0.2) is 51.9 Å². The average Bonchev–Trinajstić information content (AvgIpc) is 3.50. The number of benzene rings is 2. The third kappa shape index (κ3) is 5.37. The van der Waals surface area contributed by atoms with Gasteiger partial charge < -0.3 is 9.63 Å². The average molecular weight is 542 g/mol. The minimum Gasteiger partial charge on any atom is -0.480 e. The Morgan fingerprint density at radius 1 is 1.16 bits per heavy atom. The molecule has 0 amide bonds. The lowest BCUT2D eigenvalue weighted by Gasteiger charge is -2.16. The van der Waals surface area contributed by atoms with Crippen LogP contribution in [-0.4, -0.2) is 41.9 Å². The molecule has 1 fully saturated rings. The number of rotatable bonds is 9. The summed E-state index contributed by atoms with van der Waals surface area (Å²) in [5.74, 6) is -3.25. The van der Waals surface area contributed by atoms with Gasteiger partial charge in [-0.3, -0.25) is 4.79 Å². The van der Waals surface area contributed by atoms with Crippen LogP contribution < -0.4 is 4.72 Å². The first-order chi connectivity index (χ1) is 17.2. The summed E-state index contributed by atoms with van der Waals surface area (Å²) >= 11 is 0. The third-order valence-corrected chi connectivity index (χ3v) is 7.78. The number of halogens is 4. The molecule has 2 aromatic carbocycles. The molecule has 3 aromatic rings. The van der Waals surface area contributed by atoms with Gasteiger partial charge in [0.15, 0.2) is 0 Å². The molecule has 0 bridgehead atoms. The van der Waals surface area contributed by atoms with Gasteiger partial charge >= 0.3 is 12.1 Å². The van der Waals surface area contributed by atoms with Crippen molar-refractivity contribution in [1.29, 1.82) is 0 Å². The van der Waals surface area contributed by atoms with E-state index in [0.717, 1.165) is 11.6 Å². The number of alkyl halides is 3. The molecular weight excluding hydrogens is 518 g/mol. The Kier molecular flexibility index (Phi) is 6.88. The van der Waals surface area contributed by atoms with Crippen LogP contribution in [-0.2, 0) is 26.7 Å². The van der Waals surface area contributed by atoms with Crippen LogP contribution >= 0.6 is 0 Å². The molecule has 0 aliphatic heterocycles. The first-order valence-corrected chi connectivity index (χ1v) is 12.8. The third-order valence-electron chi connectivity index (χ3n) is 6.29. The second kappa shape index (κ2) is 9.53. The summed E-state index contributed by atoms with van der Waals surface area (Å²) in [4.78, 5) is 15.4. The van der Waals surface area contributed by atoms with Gasteiger partial charge in [-0.2, -0.15) is 22.9 Å². The van der Waals surface area contributed by atoms with Crippen LogP contribution in [0.2, 0.25) is 0 Å². The summed E-state index contributed by atoms with van der Waals surface area (Å²) in [7, 11) is -4.19. The van der Waals surface area contributed by atoms with Crippen molar-refractivity contribution in [2.45, 2.75) is 61.6 Å². The van der Waals surface area contributed by atoms with E-state index in [1.165, 1.54) is 24.3 Å². The number of nitrogens with one attached hydrogen (secondary N) is 1. The van der Waals surface area contributed by atoms with E-state index in [-0.39, 0.29) is 40.6 Å². The second-order valence-corrected chi connectivity index (χ2v) is 11.0. The lowest BCUT2D eigenvalue weighted by atomic mass is 10.0. The van der Waals surface area contributed by atoms with E-state index in [1.54, 1.807) is 12.1 Å².